The van der Waals surface area contributed by atoms with E-state index in [-0.39, 0.29) is 21.6 Å². The Hall–Kier alpha value is -2.99. The zero-order valence-electron chi connectivity index (χ0n) is 14.8. The van der Waals surface area contributed by atoms with Crippen molar-refractivity contribution >= 4 is 34.9 Å². The highest BCUT2D eigenvalue weighted by Crippen LogP contribution is 2.32. The summed E-state index contributed by atoms with van der Waals surface area (Å²) < 4.78 is 78.2. The van der Waals surface area contributed by atoms with Crippen LogP contribution >= 0.6 is 23.2 Å². The smallest absolute Gasteiger partial charge is 0.295 e. The average Bonchev–Trinajstić information content (AvgIpc) is 3.15. The molecule has 0 saturated carbocycles. The molecule has 0 radical (unpaired) electrons. The predicted octanol–water partition coefficient (Wildman–Crippen LogP) is 5.37. The topological polar surface area (TPSA) is 71.8 Å². The van der Waals surface area contributed by atoms with Crippen LogP contribution in [0.3, 0.4) is 0 Å². The van der Waals surface area contributed by atoms with Crippen LogP contribution in [0.1, 0.15) is 21.9 Å². The maximum atomic E-state index is 13.0. The number of anilines is 1. The molecule has 0 fully saturated rings. The summed E-state index contributed by atoms with van der Waals surface area (Å²) in [6, 6.07) is 5.80. The number of nitrogens with zero attached hydrogens (tertiary/aromatic N) is 3. The second-order valence-corrected chi connectivity index (χ2v) is 6.68. The number of amides is 1. The Morgan fingerprint density at radius 3 is 2.06 bits per heavy atom. The van der Waals surface area contributed by atoms with E-state index in [1.165, 1.54) is 18.3 Å². The fraction of sp³-hybridized carbons (Fsp3) is 0.118. The first-order chi connectivity index (χ1) is 14.4. The van der Waals surface area contributed by atoms with Gasteiger partial charge in [-0.2, -0.15) is 26.3 Å². The highest BCUT2D eigenvalue weighted by Gasteiger charge is 2.34. The summed E-state index contributed by atoms with van der Waals surface area (Å²) in [5, 5.41) is -0.389. The van der Waals surface area contributed by atoms with E-state index >= 15 is 0 Å². The summed E-state index contributed by atoms with van der Waals surface area (Å²) in [4.78, 5) is 19.2. The van der Waals surface area contributed by atoms with Crippen molar-refractivity contribution in [3.05, 3.63) is 69.7 Å². The molecule has 14 heteroatoms. The molecular formula is C17H9Cl2F6N5O. The number of nitrogens with one attached hydrogen (secondary N) is 2. The molecule has 0 aliphatic heterocycles. The minimum absolute atomic E-state index is 0.172. The Morgan fingerprint density at radius 1 is 0.871 bits per heavy atom. The van der Waals surface area contributed by atoms with Crippen LogP contribution in [0.25, 0.3) is 5.82 Å². The third kappa shape index (κ3) is 5.02. The molecule has 0 bridgehead atoms. The van der Waals surface area contributed by atoms with Gasteiger partial charge in [-0.05, 0) is 36.4 Å². The van der Waals surface area contributed by atoms with Gasteiger partial charge in [0.2, 0.25) is 0 Å². The summed E-state index contributed by atoms with van der Waals surface area (Å²) in [7, 11) is 0. The van der Waals surface area contributed by atoms with Gasteiger partial charge in [0.05, 0.1) is 10.0 Å². The summed E-state index contributed by atoms with van der Waals surface area (Å²) in [5.74, 6) is -1.80. The van der Waals surface area contributed by atoms with Crippen molar-refractivity contribution in [3.63, 3.8) is 0 Å². The van der Waals surface area contributed by atoms with Crippen LogP contribution in [0.2, 0.25) is 10.0 Å². The fourth-order valence-corrected chi connectivity index (χ4v) is 2.73. The highest BCUT2D eigenvalue weighted by molar-refractivity contribution is 6.33. The van der Waals surface area contributed by atoms with E-state index in [4.69, 9.17) is 23.2 Å². The molecule has 0 saturated heterocycles. The Kier molecular flexibility index (Phi) is 6.05. The standard InChI is InChI=1S/C17H9Cl2F6N5O/c18-8-3-5-11(16(20,21)22)26-13(8)28-29-15(31)10-2-1-7-30(10)14-9(19)4-6-12(27-14)17(23,24)25/h1-7H,(H,26,28)(H,29,31). The number of hydrazine groups is 1. The minimum atomic E-state index is -4.75. The largest absolute Gasteiger partial charge is 0.433 e. The van der Waals surface area contributed by atoms with Crippen LogP contribution < -0.4 is 10.9 Å². The lowest BCUT2D eigenvalue weighted by atomic mass is 10.3. The number of carbonyl (C=O) groups is 1. The maximum absolute atomic E-state index is 13.0. The molecule has 3 aromatic rings. The zero-order chi connectivity index (χ0) is 23.0. The third-order valence-corrected chi connectivity index (χ3v) is 4.36. The SMILES string of the molecule is O=C(NNc1nc(C(F)(F)F)ccc1Cl)c1cccn1-c1nc(C(F)(F)F)ccc1Cl. The van der Waals surface area contributed by atoms with Crippen molar-refractivity contribution in [1.82, 2.24) is 20.0 Å². The Labute approximate surface area is 179 Å². The summed E-state index contributed by atoms with van der Waals surface area (Å²) in [6.07, 6.45) is -8.26. The van der Waals surface area contributed by atoms with Crippen LogP contribution in [-0.4, -0.2) is 20.4 Å². The molecule has 3 rings (SSSR count). The van der Waals surface area contributed by atoms with Gasteiger partial charge in [-0.1, -0.05) is 23.2 Å². The van der Waals surface area contributed by atoms with E-state index < -0.39 is 35.5 Å². The van der Waals surface area contributed by atoms with Gasteiger partial charge in [0.25, 0.3) is 5.91 Å². The number of rotatable bonds is 4. The Morgan fingerprint density at radius 2 is 1.45 bits per heavy atom. The van der Waals surface area contributed by atoms with Crippen molar-refractivity contribution in [3.8, 4) is 5.82 Å². The second-order valence-electron chi connectivity index (χ2n) is 5.87. The van der Waals surface area contributed by atoms with E-state index in [2.05, 4.69) is 20.8 Å². The Bertz CT molecular complexity index is 1130. The van der Waals surface area contributed by atoms with Crippen LogP contribution in [0.15, 0.2) is 42.6 Å². The molecule has 1 amide bonds. The molecule has 3 heterocycles. The molecule has 0 aliphatic rings. The first-order valence-electron chi connectivity index (χ1n) is 8.09. The molecule has 6 nitrogen and oxygen atoms in total. The number of alkyl halides is 6. The molecule has 0 aromatic carbocycles. The quantitative estimate of drug-likeness (QED) is 0.386. The molecule has 3 aromatic heterocycles. The van der Waals surface area contributed by atoms with Gasteiger partial charge in [-0.15, -0.1) is 0 Å². The first kappa shape index (κ1) is 22.7. The van der Waals surface area contributed by atoms with Crippen molar-refractivity contribution in [1.29, 1.82) is 0 Å². The van der Waals surface area contributed by atoms with Gasteiger partial charge >= 0.3 is 12.4 Å². The third-order valence-electron chi connectivity index (χ3n) is 3.76. The lowest BCUT2D eigenvalue weighted by molar-refractivity contribution is -0.141. The molecule has 2 N–H and O–H groups in total. The number of hydrogen-bond donors (Lipinski definition) is 2. The highest BCUT2D eigenvalue weighted by atomic mass is 35.5. The lowest BCUT2D eigenvalue weighted by Gasteiger charge is -2.14. The number of hydrogen-bond acceptors (Lipinski definition) is 4. The number of carbonyl (C=O) groups excluding carboxylic acids is 1. The molecule has 0 aliphatic carbocycles. The van der Waals surface area contributed by atoms with Crippen LogP contribution in [0.5, 0.6) is 0 Å². The molecule has 0 spiro atoms. The van der Waals surface area contributed by atoms with Gasteiger partial charge in [0, 0.05) is 6.20 Å². The molecule has 164 valence electrons. The van der Waals surface area contributed by atoms with E-state index in [1.54, 1.807) is 0 Å². The summed E-state index contributed by atoms with van der Waals surface area (Å²) >= 11 is 11.7. The Balaban J connectivity index is 1.86. The van der Waals surface area contributed by atoms with Crippen LogP contribution in [0, 0.1) is 0 Å². The van der Waals surface area contributed by atoms with Crippen molar-refractivity contribution in [2.45, 2.75) is 12.4 Å². The first-order valence-corrected chi connectivity index (χ1v) is 8.85. The van der Waals surface area contributed by atoms with E-state index in [9.17, 15) is 31.1 Å². The van der Waals surface area contributed by atoms with E-state index in [0.29, 0.717) is 12.1 Å². The molecule has 0 unspecified atom stereocenters. The van der Waals surface area contributed by atoms with Gasteiger partial charge < -0.3 is 0 Å². The van der Waals surface area contributed by atoms with Gasteiger partial charge in [0.15, 0.2) is 11.6 Å². The van der Waals surface area contributed by atoms with Crippen molar-refractivity contribution in [2.75, 3.05) is 5.43 Å². The predicted molar refractivity (Wildman–Crippen MR) is 98.9 cm³/mol. The van der Waals surface area contributed by atoms with Gasteiger partial charge in [-0.3, -0.25) is 20.2 Å². The normalized spacial score (nSPS) is 12.0. The van der Waals surface area contributed by atoms with Crippen LogP contribution in [0.4, 0.5) is 32.2 Å². The molecule has 0 atom stereocenters. The minimum Gasteiger partial charge on any atom is -0.295 e. The monoisotopic (exact) mass is 483 g/mol. The number of halogens is 8. The van der Waals surface area contributed by atoms with Crippen molar-refractivity contribution < 1.29 is 31.1 Å². The second kappa shape index (κ2) is 8.27. The molecule has 31 heavy (non-hydrogen) atoms. The van der Waals surface area contributed by atoms with E-state index in [0.717, 1.165) is 16.7 Å². The maximum Gasteiger partial charge on any atom is 0.433 e. The van der Waals surface area contributed by atoms with Crippen molar-refractivity contribution in [2.24, 2.45) is 0 Å². The van der Waals surface area contributed by atoms with E-state index in [1.807, 2.05) is 0 Å². The van der Waals surface area contributed by atoms with Crippen LogP contribution in [-0.2, 0) is 12.4 Å². The average molecular weight is 484 g/mol. The van der Waals surface area contributed by atoms with Gasteiger partial charge in [-0.25, -0.2) is 9.97 Å². The lowest BCUT2D eigenvalue weighted by Crippen LogP contribution is -2.32. The summed E-state index contributed by atoms with van der Waals surface area (Å²) in [6.45, 7) is 0. The zero-order valence-corrected chi connectivity index (χ0v) is 16.3. The number of pyridine rings is 2. The summed E-state index contributed by atoms with van der Waals surface area (Å²) in [5.41, 5.74) is 1.53. The number of aromatic nitrogens is 3. The molecular weight excluding hydrogens is 475 g/mol. The van der Waals surface area contributed by atoms with Gasteiger partial charge in [0.1, 0.15) is 17.1 Å². The fourth-order valence-electron chi connectivity index (χ4n) is 2.38.